The zero-order valence-corrected chi connectivity index (χ0v) is 12.1. The van der Waals surface area contributed by atoms with Gasteiger partial charge in [-0.3, -0.25) is 0 Å². The van der Waals surface area contributed by atoms with Crippen LogP contribution in [0.25, 0.3) is 0 Å². The van der Waals surface area contributed by atoms with Gasteiger partial charge in [0.15, 0.2) is 0 Å². The molecule has 2 nitrogen and oxygen atoms in total. The summed E-state index contributed by atoms with van der Waals surface area (Å²) >= 11 is 5.18. The highest BCUT2D eigenvalue weighted by Crippen LogP contribution is 2.20. The fourth-order valence-electron chi connectivity index (χ4n) is 1.10. The molecule has 0 aliphatic rings. The number of thioether (sulfide) groups is 1. The van der Waals surface area contributed by atoms with Crippen LogP contribution in [0.3, 0.4) is 0 Å². The van der Waals surface area contributed by atoms with Crippen LogP contribution in [-0.4, -0.2) is 24.5 Å². The van der Waals surface area contributed by atoms with Crippen molar-refractivity contribution in [1.82, 2.24) is 0 Å². The molecule has 4 heteroatoms. The van der Waals surface area contributed by atoms with Crippen LogP contribution in [0.4, 0.5) is 0 Å². The lowest BCUT2D eigenvalue weighted by molar-refractivity contribution is 0.0720. The third-order valence-corrected chi connectivity index (χ3v) is 3.65. The highest BCUT2D eigenvalue weighted by Gasteiger charge is 2.05. The fourth-order valence-corrected chi connectivity index (χ4v) is 2.19. The SMILES string of the molecule is CC(C)OCC(N)CSc1ccc(Br)cc1. The van der Waals surface area contributed by atoms with E-state index in [2.05, 4.69) is 28.1 Å². The number of rotatable bonds is 6. The molecular weight excluding hydrogens is 286 g/mol. The molecule has 0 saturated carbocycles. The van der Waals surface area contributed by atoms with Crippen molar-refractivity contribution < 1.29 is 4.74 Å². The highest BCUT2D eigenvalue weighted by atomic mass is 79.9. The van der Waals surface area contributed by atoms with E-state index in [0.29, 0.717) is 6.61 Å². The summed E-state index contributed by atoms with van der Waals surface area (Å²) in [6.45, 7) is 4.67. The molecule has 0 aliphatic carbocycles. The van der Waals surface area contributed by atoms with E-state index in [-0.39, 0.29) is 12.1 Å². The van der Waals surface area contributed by atoms with Crippen molar-refractivity contribution in [1.29, 1.82) is 0 Å². The van der Waals surface area contributed by atoms with Crippen molar-refractivity contribution in [2.45, 2.75) is 30.9 Å². The molecule has 90 valence electrons. The minimum Gasteiger partial charge on any atom is -0.377 e. The number of hydrogen-bond acceptors (Lipinski definition) is 3. The maximum Gasteiger partial charge on any atom is 0.0629 e. The fraction of sp³-hybridized carbons (Fsp3) is 0.500. The normalized spacial score (nSPS) is 13.1. The first kappa shape index (κ1) is 14.0. The number of ether oxygens (including phenoxy) is 1. The first-order valence-electron chi connectivity index (χ1n) is 5.33. The van der Waals surface area contributed by atoms with Gasteiger partial charge in [-0.25, -0.2) is 0 Å². The van der Waals surface area contributed by atoms with Gasteiger partial charge in [-0.15, -0.1) is 11.8 Å². The third-order valence-electron chi connectivity index (χ3n) is 1.92. The number of halogens is 1. The van der Waals surface area contributed by atoms with Gasteiger partial charge in [0.05, 0.1) is 12.7 Å². The van der Waals surface area contributed by atoms with Crippen molar-refractivity contribution in [3.05, 3.63) is 28.7 Å². The molecule has 0 fully saturated rings. The Bertz CT molecular complexity index is 302. The number of hydrogen-bond donors (Lipinski definition) is 1. The Kier molecular flexibility index (Phi) is 6.43. The molecule has 16 heavy (non-hydrogen) atoms. The van der Waals surface area contributed by atoms with E-state index >= 15 is 0 Å². The quantitative estimate of drug-likeness (QED) is 0.819. The molecule has 1 aromatic rings. The standard InChI is InChI=1S/C12H18BrNOS/c1-9(2)15-7-11(14)8-16-12-5-3-10(13)4-6-12/h3-6,9,11H,7-8,14H2,1-2H3. The van der Waals surface area contributed by atoms with Crippen molar-refractivity contribution in [2.24, 2.45) is 5.73 Å². The Labute approximate surface area is 110 Å². The molecule has 0 aliphatic heterocycles. The molecule has 0 radical (unpaired) electrons. The third kappa shape index (κ3) is 5.89. The van der Waals surface area contributed by atoms with Crippen LogP contribution in [0.2, 0.25) is 0 Å². The summed E-state index contributed by atoms with van der Waals surface area (Å²) in [5, 5.41) is 0. The van der Waals surface area contributed by atoms with E-state index in [9.17, 15) is 0 Å². The summed E-state index contributed by atoms with van der Waals surface area (Å²) in [7, 11) is 0. The van der Waals surface area contributed by atoms with Crippen LogP contribution >= 0.6 is 27.7 Å². The van der Waals surface area contributed by atoms with E-state index < -0.39 is 0 Å². The van der Waals surface area contributed by atoms with Gasteiger partial charge in [0.1, 0.15) is 0 Å². The molecule has 0 amide bonds. The Hall–Kier alpha value is -0.0300. The van der Waals surface area contributed by atoms with Crippen molar-refractivity contribution >= 4 is 27.7 Å². The van der Waals surface area contributed by atoms with Gasteiger partial charge in [0.25, 0.3) is 0 Å². The van der Waals surface area contributed by atoms with Crippen molar-refractivity contribution in [3.63, 3.8) is 0 Å². The Morgan fingerprint density at radius 3 is 2.50 bits per heavy atom. The Morgan fingerprint density at radius 1 is 1.31 bits per heavy atom. The topological polar surface area (TPSA) is 35.2 Å². The minimum atomic E-state index is 0.0936. The van der Waals surface area contributed by atoms with Crippen LogP contribution in [-0.2, 0) is 4.74 Å². The monoisotopic (exact) mass is 303 g/mol. The summed E-state index contributed by atoms with van der Waals surface area (Å²) in [5.74, 6) is 0.883. The second-order valence-electron chi connectivity index (χ2n) is 3.91. The molecule has 0 bridgehead atoms. The van der Waals surface area contributed by atoms with Crippen molar-refractivity contribution in [3.8, 4) is 0 Å². The second-order valence-corrected chi connectivity index (χ2v) is 5.92. The molecule has 1 aromatic carbocycles. The molecule has 1 rings (SSSR count). The van der Waals surface area contributed by atoms with Gasteiger partial charge >= 0.3 is 0 Å². The van der Waals surface area contributed by atoms with E-state index in [1.165, 1.54) is 4.90 Å². The maximum absolute atomic E-state index is 5.94. The molecule has 0 spiro atoms. The van der Waals surface area contributed by atoms with Crippen LogP contribution in [0, 0.1) is 0 Å². The van der Waals surface area contributed by atoms with Crippen LogP contribution < -0.4 is 5.73 Å². The van der Waals surface area contributed by atoms with Crippen LogP contribution in [0.15, 0.2) is 33.6 Å². The molecule has 1 atom stereocenters. The Balaban J connectivity index is 2.26. The lowest BCUT2D eigenvalue weighted by Gasteiger charge is -2.13. The van der Waals surface area contributed by atoms with Gasteiger partial charge in [-0.1, -0.05) is 15.9 Å². The van der Waals surface area contributed by atoms with Gasteiger partial charge in [0, 0.05) is 21.2 Å². The van der Waals surface area contributed by atoms with E-state index in [1.54, 1.807) is 11.8 Å². The first-order chi connectivity index (χ1) is 7.58. The lowest BCUT2D eigenvalue weighted by atomic mass is 10.4. The molecule has 2 N–H and O–H groups in total. The summed E-state index contributed by atoms with van der Waals surface area (Å²) in [4.78, 5) is 1.24. The molecule has 0 heterocycles. The van der Waals surface area contributed by atoms with E-state index in [0.717, 1.165) is 10.2 Å². The smallest absolute Gasteiger partial charge is 0.0629 e. The zero-order valence-electron chi connectivity index (χ0n) is 9.65. The van der Waals surface area contributed by atoms with Crippen LogP contribution in [0.5, 0.6) is 0 Å². The molecular formula is C12H18BrNOS. The Morgan fingerprint density at radius 2 is 1.94 bits per heavy atom. The van der Waals surface area contributed by atoms with Gasteiger partial charge in [-0.2, -0.15) is 0 Å². The highest BCUT2D eigenvalue weighted by molar-refractivity contribution is 9.10. The van der Waals surface area contributed by atoms with Crippen LogP contribution in [0.1, 0.15) is 13.8 Å². The predicted molar refractivity (Wildman–Crippen MR) is 73.9 cm³/mol. The zero-order chi connectivity index (χ0) is 12.0. The van der Waals surface area contributed by atoms with Crippen molar-refractivity contribution in [2.75, 3.05) is 12.4 Å². The summed E-state index contributed by atoms with van der Waals surface area (Å²) in [5.41, 5.74) is 5.94. The number of nitrogens with two attached hydrogens (primary N) is 1. The van der Waals surface area contributed by atoms with Gasteiger partial charge in [-0.05, 0) is 38.1 Å². The maximum atomic E-state index is 5.94. The molecule has 1 unspecified atom stereocenters. The second kappa shape index (κ2) is 7.33. The minimum absolute atomic E-state index is 0.0936. The summed E-state index contributed by atoms with van der Waals surface area (Å²) < 4.78 is 6.57. The summed E-state index contributed by atoms with van der Waals surface area (Å²) in [6.07, 6.45) is 0.253. The molecule has 0 saturated heterocycles. The predicted octanol–water partition coefficient (Wildman–Crippen LogP) is 3.29. The van der Waals surface area contributed by atoms with E-state index in [1.807, 2.05) is 26.0 Å². The van der Waals surface area contributed by atoms with E-state index in [4.69, 9.17) is 10.5 Å². The largest absolute Gasteiger partial charge is 0.377 e. The van der Waals surface area contributed by atoms with Gasteiger partial charge in [0.2, 0.25) is 0 Å². The number of benzene rings is 1. The van der Waals surface area contributed by atoms with Gasteiger partial charge < -0.3 is 10.5 Å². The average Bonchev–Trinajstić information content (AvgIpc) is 2.25. The summed E-state index contributed by atoms with van der Waals surface area (Å²) in [6, 6.07) is 8.35. The molecule has 0 aromatic heterocycles. The average molecular weight is 304 g/mol. The lowest BCUT2D eigenvalue weighted by Crippen LogP contribution is -2.30. The first-order valence-corrected chi connectivity index (χ1v) is 7.11.